The number of carbonyl (C=O) groups excluding carboxylic acids is 3. The molecular formula is C26H30O5. The maximum absolute atomic E-state index is 13.2. The Labute approximate surface area is 183 Å². The summed E-state index contributed by atoms with van der Waals surface area (Å²) in [4.78, 5) is 36.0. The molecule has 0 aromatic heterocycles. The number of ketones is 1. The first-order chi connectivity index (χ1) is 14.7. The van der Waals surface area contributed by atoms with E-state index in [4.69, 9.17) is 9.47 Å². The van der Waals surface area contributed by atoms with Gasteiger partial charge in [-0.2, -0.15) is 0 Å². The average Bonchev–Trinajstić information content (AvgIpc) is 2.69. The highest BCUT2D eigenvalue weighted by Gasteiger charge is 2.31. The van der Waals surface area contributed by atoms with Crippen molar-refractivity contribution in [2.24, 2.45) is 11.8 Å². The molecular weight excluding hydrogens is 392 g/mol. The van der Waals surface area contributed by atoms with Gasteiger partial charge in [0.2, 0.25) is 0 Å². The Kier molecular flexibility index (Phi) is 7.26. The van der Waals surface area contributed by atoms with Crippen LogP contribution in [0.3, 0.4) is 0 Å². The number of benzene rings is 2. The van der Waals surface area contributed by atoms with Crippen molar-refractivity contribution in [3.63, 3.8) is 0 Å². The van der Waals surface area contributed by atoms with Crippen LogP contribution in [0.2, 0.25) is 0 Å². The molecule has 0 radical (unpaired) electrons. The molecule has 1 fully saturated rings. The van der Waals surface area contributed by atoms with E-state index < -0.39 is 11.9 Å². The van der Waals surface area contributed by atoms with Gasteiger partial charge in [-0.3, -0.25) is 14.4 Å². The second-order valence-electron chi connectivity index (χ2n) is 8.52. The highest BCUT2D eigenvalue weighted by molar-refractivity contribution is 5.84. The number of aryl methyl sites for hydroxylation is 2. The van der Waals surface area contributed by atoms with E-state index >= 15 is 0 Å². The predicted octanol–water partition coefficient (Wildman–Crippen LogP) is 4.92. The molecule has 1 saturated carbocycles. The maximum atomic E-state index is 13.2. The molecule has 31 heavy (non-hydrogen) atoms. The van der Waals surface area contributed by atoms with E-state index in [0.29, 0.717) is 12.2 Å². The maximum Gasteiger partial charge on any atom is 0.308 e. The first-order valence-corrected chi connectivity index (χ1v) is 10.8. The highest BCUT2D eigenvalue weighted by atomic mass is 16.6. The fraction of sp³-hybridized carbons (Fsp3) is 0.423. The minimum atomic E-state index is -0.493. The monoisotopic (exact) mass is 422 g/mol. The summed E-state index contributed by atoms with van der Waals surface area (Å²) < 4.78 is 10.4. The molecule has 2 aromatic rings. The van der Waals surface area contributed by atoms with Gasteiger partial charge < -0.3 is 9.47 Å². The first-order valence-electron chi connectivity index (χ1n) is 10.8. The van der Waals surface area contributed by atoms with Gasteiger partial charge in [0.25, 0.3) is 0 Å². The fourth-order valence-corrected chi connectivity index (χ4v) is 4.29. The summed E-state index contributed by atoms with van der Waals surface area (Å²) in [7, 11) is 0. The van der Waals surface area contributed by atoms with E-state index in [1.54, 1.807) is 12.1 Å². The van der Waals surface area contributed by atoms with Crippen LogP contribution in [0.1, 0.15) is 55.4 Å². The predicted molar refractivity (Wildman–Crippen MR) is 118 cm³/mol. The Morgan fingerprint density at radius 2 is 1.35 bits per heavy atom. The zero-order chi connectivity index (χ0) is 22.5. The Balaban J connectivity index is 1.73. The zero-order valence-corrected chi connectivity index (χ0v) is 18.7. The number of rotatable bonds is 6. The molecule has 0 aliphatic heterocycles. The van der Waals surface area contributed by atoms with Crippen LogP contribution in [0.15, 0.2) is 36.4 Å². The second-order valence-corrected chi connectivity index (χ2v) is 8.52. The third-order valence-electron chi connectivity index (χ3n) is 5.96. The van der Waals surface area contributed by atoms with E-state index in [0.717, 1.165) is 31.2 Å². The van der Waals surface area contributed by atoms with Crippen molar-refractivity contribution in [2.75, 3.05) is 0 Å². The molecule has 0 saturated heterocycles. The van der Waals surface area contributed by atoms with Gasteiger partial charge in [0, 0.05) is 25.7 Å². The molecule has 0 amide bonds. The van der Waals surface area contributed by atoms with Crippen molar-refractivity contribution in [3.8, 4) is 11.5 Å². The minimum Gasteiger partial charge on any atom is -0.423 e. The highest BCUT2D eigenvalue weighted by Crippen LogP contribution is 2.34. The topological polar surface area (TPSA) is 69.7 Å². The van der Waals surface area contributed by atoms with Crippen LogP contribution in [-0.2, 0) is 27.2 Å². The molecule has 0 heterocycles. The standard InChI is InChI=1S/C26H30O5/c1-16-8-9-20(12-17(16)2)13-22-6-5-7-23(26(22)29)14-21-10-11-24(30-18(3)27)25(15-21)31-19(4)28/h8-12,15,22-23H,5-7,13-14H2,1-4H3. The van der Waals surface area contributed by atoms with E-state index in [1.807, 2.05) is 6.07 Å². The molecule has 0 N–H and O–H groups in total. The fourth-order valence-electron chi connectivity index (χ4n) is 4.29. The number of carbonyl (C=O) groups is 3. The van der Waals surface area contributed by atoms with Gasteiger partial charge in [0.05, 0.1) is 0 Å². The van der Waals surface area contributed by atoms with Gasteiger partial charge in [-0.1, -0.05) is 30.7 Å². The molecule has 164 valence electrons. The third kappa shape index (κ3) is 6.03. The lowest BCUT2D eigenvalue weighted by Gasteiger charge is -2.28. The Morgan fingerprint density at radius 1 is 0.806 bits per heavy atom. The van der Waals surface area contributed by atoms with Crippen LogP contribution < -0.4 is 9.47 Å². The summed E-state index contributed by atoms with van der Waals surface area (Å²) >= 11 is 0. The molecule has 1 aliphatic rings. The molecule has 0 bridgehead atoms. The summed E-state index contributed by atoms with van der Waals surface area (Å²) in [5.74, 6) is -0.290. The second kappa shape index (κ2) is 9.90. The van der Waals surface area contributed by atoms with E-state index in [9.17, 15) is 14.4 Å². The molecule has 2 atom stereocenters. The Morgan fingerprint density at radius 3 is 1.94 bits per heavy atom. The van der Waals surface area contributed by atoms with Crippen molar-refractivity contribution in [1.82, 2.24) is 0 Å². The first kappa shape index (κ1) is 22.7. The summed E-state index contributed by atoms with van der Waals surface area (Å²) in [5.41, 5.74) is 4.61. The van der Waals surface area contributed by atoms with Crippen LogP contribution in [0.4, 0.5) is 0 Å². The quantitative estimate of drug-likeness (QED) is 0.488. The van der Waals surface area contributed by atoms with E-state index in [2.05, 4.69) is 32.0 Å². The lowest BCUT2D eigenvalue weighted by atomic mass is 9.75. The molecule has 3 rings (SSSR count). The number of hydrogen-bond donors (Lipinski definition) is 0. The van der Waals surface area contributed by atoms with E-state index in [1.165, 1.54) is 30.5 Å². The molecule has 2 aromatic carbocycles. The van der Waals surface area contributed by atoms with Crippen LogP contribution in [-0.4, -0.2) is 17.7 Å². The Hall–Kier alpha value is -2.95. The number of Topliss-reactive ketones (excluding diaryl/α,β-unsaturated/α-hetero) is 1. The normalized spacial score (nSPS) is 18.5. The van der Waals surface area contributed by atoms with Crippen LogP contribution in [0.25, 0.3) is 0 Å². The lowest BCUT2D eigenvalue weighted by molar-refractivity contribution is -0.134. The molecule has 5 nitrogen and oxygen atoms in total. The molecule has 2 unspecified atom stereocenters. The van der Waals surface area contributed by atoms with Crippen LogP contribution >= 0.6 is 0 Å². The van der Waals surface area contributed by atoms with Gasteiger partial charge >= 0.3 is 11.9 Å². The van der Waals surface area contributed by atoms with Gasteiger partial charge in [0.15, 0.2) is 11.5 Å². The molecule has 1 aliphatic carbocycles. The van der Waals surface area contributed by atoms with Gasteiger partial charge in [-0.05, 0) is 73.9 Å². The van der Waals surface area contributed by atoms with Gasteiger partial charge in [0.1, 0.15) is 5.78 Å². The van der Waals surface area contributed by atoms with Crippen molar-refractivity contribution >= 4 is 17.7 Å². The van der Waals surface area contributed by atoms with Gasteiger partial charge in [-0.25, -0.2) is 0 Å². The summed E-state index contributed by atoms with van der Waals surface area (Å²) in [6.07, 6.45) is 4.16. The smallest absolute Gasteiger partial charge is 0.308 e. The number of hydrogen-bond acceptors (Lipinski definition) is 5. The zero-order valence-electron chi connectivity index (χ0n) is 18.7. The van der Waals surface area contributed by atoms with Crippen molar-refractivity contribution < 1.29 is 23.9 Å². The van der Waals surface area contributed by atoms with E-state index in [-0.39, 0.29) is 23.3 Å². The van der Waals surface area contributed by atoms with Crippen LogP contribution in [0.5, 0.6) is 11.5 Å². The van der Waals surface area contributed by atoms with Gasteiger partial charge in [-0.15, -0.1) is 0 Å². The lowest BCUT2D eigenvalue weighted by Crippen LogP contribution is -2.31. The molecule has 0 spiro atoms. The average molecular weight is 423 g/mol. The number of esters is 2. The summed E-state index contributed by atoms with van der Waals surface area (Å²) in [5, 5.41) is 0. The summed E-state index contributed by atoms with van der Waals surface area (Å²) in [6.45, 7) is 6.79. The number of ether oxygens (including phenoxy) is 2. The Bertz CT molecular complexity index is 991. The largest absolute Gasteiger partial charge is 0.423 e. The van der Waals surface area contributed by atoms with Crippen molar-refractivity contribution in [1.29, 1.82) is 0 Å². The minimum absolute atomic E-state index is 0.0362. The third-order valence-corrected chi connectivity index (χ3v) is 5.96. The van der Waals surface area contributed by atoms with Crippen molar-refractivity contribution in [3.05, 3.63) is 58.7 Å². The van der Waals surface area contributed by atoms with Crippen LogP contribution in [0, 0.1) is 25.7 Å². The SMILES string of the molecule is CC(=O)Oc1ccc(CC2CCCC(Cc3ccc(C)c(C)c3)C2=O)cc1OC(C)=O. The molecule has 5 heteroatoms. The summed E-state index contributed by atoms with van der Waals surface area (Å²) in [6, 6.07) is 11.6. The van der Waals surface area contributed by atoms with Crippen molar-refractivity contribution in [2.45, 2.75) is 59.8 Å².